The Morgan fingerprint density at radius 1 is 0.658 bits per heavy atom. The summed E-state index contributed by atoms with van der Waals surface area (Å²) in [6, 6.07) is 5.80. The number of nitrogens with zero attached hydrogens (tertiary/aromatic N) is 2. The molecule has 1 heterocycles. The number of hydrogen-bond donors (Lipinski definition) is 0. The Morgan fingerprint density at radius 2 is 1.00 bits per heavy atom. The van der Waals surface area contributed by atoms with E-state index in [4.69, 9.17) is 0 Å². The molecule has 11 heteroatoms. The van der Waals surface area contributed by atoms with Crippen LogP contribution in [0.3, 0.4) is 0 Å². The summed E-state index contributed by atoms with van der Waals surface area (Å²) >= 11 is 0. The predicted octanol–water partition coefficient (Wildman–Crippen LogP) is 2.06. The zero-order chi connectivity index (χ0) is 28.0. The van der Waals surface area contributed by atoms with Gasteiger partial charge in [-0.25, -0.2) is 26.0 Å². The Bertz CT molecular complexity index is 1370. The smallest absolute Gasteiger partial charge is 0.744 e. The molecule has 3 aromatic rings. The van der Waals surface area contributed by atoms with Crippen molar-refractivity contribution in [3.05, 3.63) is 65.2 Å². The maximum absolute atomic E-state index is 11.9. The summed E-state index contributed by atoms with van der Waals surface area (Å²) in [5, 5.41) is 0. The SMILES string of the molecule is CC(C)c1cc(S(=O)(=O)[O-])cc(C(C)C)c1-n1cc[n+](-c2c(C(C)C)cc(S(=O)(=O)[O-])cc2C(C)C)c1.[Na+]. The standard InChI is InChI=1S/C27H36N2O6S2.Na/c1-16(2)22-11-20(36(30,31)32)12-23(17(3)4)26(22)28-9-10-29(15-28)27-24(18(5)6)13-21(37(33,34)35)14-25(27)19(7)8;/h9-19H,1-8H3,(H-,30,31,32,33,34,35);/q;+1/p-1. The Hall–Kier alpha value is -1.53. The largest absolute Gasteiger partial charge is 1.00 e. The van der Waals surface area contributed by atoms with Crippen molar-refractivity contribution in [1.82, 2.24) is 4.57 Å². The molecular weight excluding hydrogens is 535 g/mol. The van der Waals surface area contributed by atoms with Crippen molar-refractivity contribution < 1.29 is 60.1 Å². The van der Waals surface area contributed by atoms with Gasteiger partial charge in [-0.1, -0.05) is 55.4 Å². The molecule has 0 aliphatic carbocycles. The first-order valence-electron chi connectivity index (χ1n) is 12.3. The van der Waals surface area contributed by atoms with Crippen LogP contribution >= 0.6 is 0 Å². The molecule has 1 aromatic heterocycles. The third-order valence-corrected chi connectivity index (χ3v) is 8.13. The third-order valence-electron chi connectivity index (χ3n) is 6.50. The fourth-order valence-electron chi connectivity index (χ4n) is 4.57. The van der Waals surface area contributed by atoms with Gasteiger partial charge in [0.2, 0.25) is 0 Å². The molecule has 0 aliphatic rings. The number of imidazole rings is 1. The maximum Gasteiger partial charge on any atom is 1.00 e. The van der Waals surface area contributed by atoms with Gasteiger partial charge in [-0.05, 0) is 47.9 Å². The molecule has 0 bridgehead atoms. The van der Waals surface area contributed by atoms with Crippen LogP contribution in [0.2, 0.25) is 0 Å². The molecule has 0 spiro atoms. The molecule has 0 unspecified atom stereocenters. The molecule has 0 saturated heterocycles. The van der Waals surface area contributed by atoms with Crippen molar-refractivity contribution in [3.8, 4) is 11.4 Å². The van der Waals surface area contributed by atoms with E-state index in [1.807, 2.05) is 83.2 Å². The molecular formula is C27H35N2NaO6S2. The van der Waals surface area contributed by atoms with Crippen LogP contribution in [0.25, 0.3) is 11.4 Å². The number of aromatic nitrogens is 2. The minimum absolute atomic E-state index is 0. The molecule has 0 N–H and O–H groups in total. The summed E-state index contributed by atoms with van der Waals surface area (Å²) in [6.07, 6.45) is 5.56. The van der Waals surface area contributed by atoms with Gasteiger partial charge in [0.15, 0.2) is 0 Å². The first kappa shape index (κ1) is 32.7. The van der Waals surface area contributed by atoms with Crippen molar-refractivity contribution in [1.29, 1.82) is 0 Å². The van der Waals surface area contributed by atoms with Crippen molar-refractivity contribution in [2.45, 2.75) is 88.9 Å². The fourth-order valence-corrected chi connectivity index (χ4v) is 5.65. The average molecular weight is 571 g/mol. The Kier molecular flexibility index (Phi) is 10.2. The van der Waals surface area contributed by atoms with Gasteiger partial charge in [0.05, 0.1) is 9.79 Å². The number of hydrogen-bond acceptors (Lipinski definition) is 6. The van der Waals surface area contributed by atoms with E-state index in [0.29, 0.717) is 0 Å². The van der Waals surface area contributed by atoms with Gasteiger partial charge in [0, 0.05) is 22.3 Å². The van der Waals surface area contributed by atoms with E-state index in [0.717, 1.165) is 33.6 Å². The molecule has 0 amide bonds. The fraction of sp³-hybridized carbons (Fsp3) is 0.444. The predicted molar refractivity (Wildman–Crippen MR) is 140 cm³/mol. The minimum Gasteiger partial charge on any atom is -0.744 e. The Morgan fingerprint density at radius 3 is 1.32 bits per heavy atom. The summed E-state index contributed by atoms with van der Waals surface area (Å²) in [4.78, 5) is -0.496. The number of rotatable bonds is 8. The van der Waals surface area contributed by atoms with Crippen molar-refractivity contribution >= 4 is 20.2 Å². The first-order chi connectivity index (χ1) is 16.9. The van der Waals surface area contributed by atoms with Crippen LogP contribution in [-0.2, 0) is 20.2 Å². The van der Waals surface area contributed by atoms with Crippen molar-refractivity contribution in [2.24, 2.45) is 0 Å². The molecule has 0 aliphatic heterocycles. The molecule has 0 fully saturated rings. The summed E-state index contributed by atoms with van der Waals surface area (Å²) in [5.41, 5.74) is 4.50. The third kappa shape index (κ3) is 6.78. The summed E-state index contributed by atoms with van der Waals surface area (Å²) < 4.78 is 75.1. The van der Waals surface area contributed by atoms with Crippen molar-refractivity contribution in [2.75, 3.05) is 0 Å². The maximum atomic E-state index is 11.9. The van der Waals surface area contributed by atoms with Gasteiger partial charge in [0.25, 0.3) is 6.33 Å². The van der Waals surface area contributed by atoms with Gasteiger partial charge in [0.1, 0.15) is 44.0 Å². The van der Waals surface area contributed by atoms with E-state index in [2.05, 4.69) is 0 Å². The van der Waals surface area contributed by atoms with Gasteiger partial charge in [-0.3, -0.25) is 0 Å². The van der Waals surface area contributed by atoms with E-state index in [-0.39, 0.29) is 63.0 Å². The quantitative estimate of drug-likeness (QED) is 0.232. The van der Waals surface area contributed by atoms with Crippen LogP contribution in [-0.4, -0.2) is 30.5 Å². The molecule has 0 radical (unpaired) electrons. The van der Waals surface area contributed by atoms with Crippen LogP contribution in [0.5, 0.6) is 0 Å². The zero-order valence-corrected chi connectivity index (χ0v) is 27.1. The zero-order valence-electron chi connectivity index (χ0n) is 23.5. The number of benzene rings is 2. The normalized spacial score (nSPS) is 12.6. The molecule has 0 atom stereocenters. The summed E-state index contributed by atoms with van der Waals surface area (Å²) in [5.74, 6) is -0.263. The van der Waals surface area contributed by atoms with E-state index in [1.54, 1.807) is 0 Å². The Labute approximate surface area is 248 Å². The molecule has 38 heavy (non-hydrogen) atoms. The average Bonchev–Trinajstić information content (AvgIpc) is 3.25. The molecule has 3 rings (SSSR count). The second-order valence-corrected chi connectivity index (χ2v) is 13.4. The van der Waals surface area contributed by atoms with Gasteiger partial charge < -0.3 is 9.11 Å². The topological polar surface area (TPSA) is 123 Å². The molecule has 2 aromatic carbocycles. The van der Waals surface area contributed by atoms with Gasteiger partial charge in [-0.15, -0.1) is 0 Å². The van der Waals surface area contributed by atoms with E-state index in [9.17, 15) is 25.9 Å². The molecule has 202 valence electrons. The van der Waals surface area contributed by atoms with Crippen LogP contribution in [0.1, 0.15) is 101 Å². The van der Waals surface area contributed by atoms with Gasteiger partial charge in [-0.2, -0.15) is 0 Å². The summed E-state index contributed by atoms with van der Waals surface area (Å²) in [6.45, 7) is 15.5. The van der Waals surface area contributed by atoms with Crippen LogP contribution in [0.4, 0.5) is 0 Å². The second kappa shape index (κ2) is 11.9. The first-order valence-corrected chi connectivity index (χ1v) is 15.1. The van der Waals surface area contributed by atoms with Gasteiger partial charge >= 0.3 is 29.6 Å². The monoisotopic (exact) mass is 570 g/mol. The van der Waals surface area contributed by atoms with Crippen LogP contribution in [0.15, 0.2) is 52.8 Å². The minimum atomic E-state index is -4.64. The summed E-state index contributed by atoms with van der Waals surface area (Å²) in [7, 11) is -9.27. The van der Waals surface area contributed by atoms with E-state index < -0.39 is 20.2 Å². The van der Waals surface area contributed by atoms with E-state index >= 15 is 0 Å². The van der Waals surface area contributed by atoms with Crippen molar-refractivity contribution in [3.63, 3.8) is 0 Å². The second-order valence-electron chi connectivity index (χ2n) is 10.7. The molecule has 0 saturated carbocycles. The van der Waals surface area contributed by atoms with Crippen LogP contribution < -0.4 is 34.1 Å². The van der Waals surface area contributed by atoms with E-state index in [1.165, 1.54) is 24.3 Å². The molecule has 8 nitrogen and oxygen atoms in total. The Balaban J connectivity index is 0.00000507. The van der Waals surface area contributed by atoms with Crippen LogP contribution in [0, 0.1) is 0 Å².